The molecule has 3 rings (SSSR count). The highest BCUT2D eigenvalue weighted by molar-refractivity contribution is 7.90. The number of benzene rings is 1. The summed E-state index contributed by atoms with van der Waals surface area (Å²) in [5, 5.41) is 4.33. The molecule has 1 aliphatic heterocycles. The van der Waals surface area contributed by atoms with Crippen LogP contribution in [-0.2, 0) is 22.8 Å². The predicted molar refractivity (Wildman–Crippen MR) is 74.1 cm³/mol. The van der Waals surface area contributed by atoms with E-state index >= 15 is 0 Å². The maximum absolute atomic E-state index is 11.5. The number of rotatable bonds is 1. The van der Waals surface area contributed by atoms with Gasteiger partial charge in [0.2, 0.25) is 0 Å². The van der Waals surface area contributed by atoms with Crippen molar-refractivity contribution < 1.29 is 8.42 Å². The molecule has 4 nitrogen and oxygen atoms in total. The number of nitrogens with one attached hydrogen (secondary N) is 2. The van der Waals surface area contributed by atoms with Gasteiger partial charge in [-0.2, -0.15) is 0 Å². The van der Waals surface area contributed by atoms with E-state index in [1.54, 1.807) is 12.1 Å². The quantitative estimate of drug-likeness (QED) is 0.838. The zero-order valence-corrected chi connectivity index (χ0v) is 11.6. The van der Waals surface area contributed by atoms with Crippen molar-refractivity contribution in [3.63, 3.8) is 0 Å². The Labute approximate surface area is 112 Å². The van der Waals surface area contributed by atoms with Gasteiger partial charge in [-0.1, -0.05) is 0 Å². The minimum Gasteiger partial charge on any atom is -0.358 e. The zero-order valence-electron chi connectivity index (χ0n) is 9.99. The van der Waals surface area contributed by atoms with E-state index in [0.717, 1.165) is 30.4 Å². The molecule has 2 aromatic rings. The van der Waals surface area contributed by atoms with Gasteiger partial charge in [0.25, 0.3) is 0 Å². The lowest BCUT2D eigenvalue weighted by molar-refractivity contribution is 0.602. The van der Waals surface area contributed by atoms with Gasteiger partial charge in [0.05, 0.1) is 4.90 Å². The highest BCUT2D eigenvalue weighted by Gasteiger charge is 2.16. The summed E-state index contributed by atoms with van der Waals surface area (Å²) < 4.78 is 23.1. The Morgan fingerprint density at radius 1 is 1.28 bits per heavy atom. The molecule has 0 unspecified atom stereocenters. The minimum atomic E-state index is -3.13. The molecule has 0 atom stereocenters. The maximum atomic E-state index is 11.5. The lowest BCUT2D eigenvalue weighted by Crippen LogP contribution is -2.22. The van der Waals surface area contributed by atoms with E-state index in [-0.39, 0.29) is 12.4 Å². The largest absolute Gasteiger partial charge is 0.358 e. The van der Waals surface area contributed by atoms with E-state index in [1.165, 1.54) is 17.5 Å². The van der Waals surface area contributed by atoms with Crippen LogP contribution in [0.3, 0.4) is 0 Å². The number of aromatic amines is 1. The molecule has 0 saturated carbocycles. The monoisotopic (exact) mass is 286 g/mol. The van der Waals surface area contributed by atoms with Gasteiger partial charge in [-0.15, -0.1) is 12.4 Å². The molecule has 98 valence electrons. The van der Waals surface area contributed by atoms with Crippen LogP contribution < -0.4 is 5.32 Å². The number of sulfone groups is 1. The Balaban J connectivity index is 0.00000120. The maximum Gasteiger partial charge on any atom is 0.175 e. The normalized spacial score (nSPS) is 15.2. The molecule has 1 aromatic carbocycles. The van der Waals surface area contributed by atoms with E-state index in [2.05, 4.69) is 10.3 Å². The van der Waals surface area contributed by atoms with Crippen molar-refractivity contribution in [2.75, 3.05) is 12.8 Å². The SMILES string of the molecule is CS(=O)(=O)c1ccc2[nH]c3c(c2c1)CNCC3.Cl. The second kappa shape index (κ2) is 4.57. The van der Waals surface area contributed by atoms with Gasteiger partial charge in [0.15, 0.2) is 9.84 Å². The summed E-state index contributed by atoms with van der Waals surface area (Å²) in [6, 6.07) is 5.28. The summed E-state index contributed by atoms with van der Waals surface area (Å²) in [6.45, 7) is 1.78. The average Bonchev–Trinajstić information content (AvgIpc) is 2.65. The second-order valence-electron chi connectivity index (χ2n) is 4.49. The van der Waals surface area contributed by atoms with Crippen LogP contribution in [0.2, 0.25) is 0 Å². The number of halogens is 1. The fraction of sp³-hybridized carbons (Fsp3) is 0.333. The van der Waals surface area contributed by atoms with Crippen LogP contribution in [0, 0.1) is 0 Å². The topological polar surface area (TPSA) is 62.0 Å². The van der Waals surface area contributed by atoms with Crippen LogP contribution >= 0.6 is 12.4 Å². The van der Waals surface area contributed by atoms with Gasteiger partial charge in [-0.3, -0.25) is 0 Å². The first kappa shape index (κ1) is 13.4. The van der Waals surface area contributed by atoms with Crippen molar-refractivity contribution in [2.24, 2.45) is 0 Å². The molecule has 0 radical (unpaired) electrons. The fourth-order valence-electron chi connectivity index (χ4n) is 2.36. The molecule has 0 saturated heterocycles. The summed E-state index contributed by atoms with van der Waals surface area (Å²) in [4.78, 5) is 3.75. The van der Waals surface area contributed by atoms with Crippen LogP contribution in [0.4, 0.5) is 0 Å². The number of hydrogen-bond acceptors (Lipinski definition) is 3. The van der Waals surface area contributed by atoms with Crippen molar-refractivity contribution in [2.45, 2.75) is 17.9 Å². The molecule has 2 N–H and O–H groups in total. The molecule has 0 bridgehead atoms. The van der Waals surface area contributed by atoms with Crippen LogP contribution in [0.1, 0.15) is 11.3 Å². The molecule has 0 fully saturated rings. The zero-order chi connectivity index (χ0) is 12.0. The van der Waals surface area contributed by atoms with E-state index in [1.807, 2.05) is 6.07 Å². The first-order valence-corrected chi connectivity index (χ1v) is 7.49. The van der Waals surface area contributed by atoms with Crippen molar-refractivity contribution in [1.29, 1.82) is 0 Å². The highest BCUT2D eigenvalue weighted by atomic mass is 35.5. The standard InChI is InChI=1S/C12H14N2O2S.ClH/c1-17(15,16)8-2-3-11-9(6-8)10-7-13-5-4-12(10)14-11;/h2-3,6,13-14H,4-5,7H2,1H3;1H. The number of fused-ring (bicyclic) bond motifs is 3. The summed E-state index contributed by atoms with van der Waals surface area (Å²) in [6.07, 6.45) is 2.21. The predicted octanol–water partition coefficient (Wildman–Crippen LogP) is 1.64. The Kier molecular flexibility index (Phi) is 3.40. The summed E-state index contributed by atoms with van der Waals surface area (Å²) >= 11 is 0. The Morgan fingerprint density at radius 2 is 2.06 bits per heavy atom. The molecule has 0 aliphatic carbocycles. The third-order valence-electron chi connectivity index (χ3n) is 3.25. The summed E-state index contributed by atoms with van der Waals surface area (Å²) in [5.74, 6) is 0. The average molecular weight is 287 g/mol. The van der Waals surface area contributed by atoms with Crippen LogP contribution in [-0.4, -0.2) is 26.2 Å². The van der Waals surface area contributed by atoms with Gasteiger partial charge < -0.3 is 10.3 Å². The molecule has 18 heavy (non-hydrogen) atoms. The number of hydrogen-bond donors (Lipinski definition) is 2. The number of H-pyrrole nitrogens is 1. The van der Waals surface area contributed by atoms with Gasteiger partial charge in [-0.05, 0) is 23.8 Å². The van der Waals surface area contributed by atoms with Crippen molar-refractivity contribution >= 4 is 33.1 Å². The van der Waals surface area contributed by atoms with Crippen molar-refractivity contribution in [3.8, 4) is 0 Å². The molecule has 6 heteroatoms. The first-order valence-electron chi connectivity index (χ1n) is 5.60. The van der Waals surface area contributed by atoms with Gasteiger partial charge >= 0.3 is 0 Å². The molecule has 1 aliphatic rings. The second-order valence-corrected chi connectivity index (χ2v) is 6.50. The van der Waals surface area contributed by atoms with Crippen molar-refractivity contribution in [3.05, 3.63) is 29.5 Å². The fourth-order valence-corrected chi connectivity index (χ4v) is 3.00. The number of aromatic nitrogens is 1. The van der Waals surface area contributed by atoms with Gasteiger partial charge in [0.1, 0.15) is 0 Å². The summed E-state index contributed by atoms with van der Waals surface area (Å²) in [5.41, 5.74) is 3.45. The minimum absolute atomic E-state index is 0. The van der Waals surface area contributed by atoms with E-state index < -0.39 is 9.84 Å². The van der Waals surface area contributed by atoms with Crippen molar-refractivity contribution in [1.82, 2.24) is 10.3 Å². The lowest BCUT2D eigenvalue weighted by atomic mass is 10.1. The highest BCUT2D eigenvalue weighted by Crippen LogP contribution is 2.27. The summed E-state index contributed by atoms with van der Waals surface area (Å²) in [7, 11) is -3.13. The van der Waals surface area contributed by atoms with Gasteiger partial charge in [0, 0.05) is 42.4 Å². The smallest absolute Gasteiger partial charge is 0.175 e. The molecular weight excluding hydrogens is 272 g/mol. The Bertz CT molecular complexity index is 691. The third-order valence-corrected chi connectivity index (χ3v) is 4.36. The van der Waals surface area contributed by atoms with E-state index in [4.69, 9.17) is 0 Å². The molecule has 0 spiro atoms. The molecule has 2 heterocycles. The van der Waals surface area contributed by atoms with Crippen LogP contribution in [0.5, 0.6) is 0 Å². The molecule has 0 amide bonds. The Morgan fingerprint density at radius 3 is 2.78 bits per heavy atom. The van der Waals surface area contributed by atoms with Gasteiger partial charge in [-0.25, -0.2) is 8.42 Å². The molecular formula is C12H15ClN2O2S. The van der Waals surface area contributed by atoms with Crippen LogP contribution in [0.25, 0.3) is 10.9 Å². The van der Waals surface area contributed by atoms with Crippen LogP contribution in [0.15, 0.2) is 23.1 Å². The Hall–Kier alpha value is -1.04. The molecule has 1 aromatic heterocycles. The van der Waals surface area contributed by atoms with E-state index in [9.17, 15) is 8.42 Å². The first-order chi connectivity index (χ1) is 8.05. The van der Waals surface area contributed by atoms with E-state index in [0.29, 0.717) is 4.90 Å². The third kappa shape index (κ3) is 2.13. The lowest BCUT2D eigenvalue weighted by Gasteiger charge is -2.12.